The fourth-order valence-corrected chi connectivity index (χ4v) is 10.8. The van der Waals surface area contributed by atoms with Gasteiger partial charge in [-0.05, 0) is 85.9 Å². The van der Waals surface area contributed by atoms with E-state index < -0.39 is 96.4 Å². The van der Waals surface area contributed by atoms with Gasteiger partial charge in [0.2, 0.25) is 8.32 Å². The Balaban J connectivity index is 0.000000908. The number of alkyl halides is 12. The van der Waals surface area contributed by atoms with Gasteiger partial charge in [0, 0.05) is 21.7 Å². The second-order valence-electron chi connectivity index (χ2n) is 13.9. The third-order valence-corrected chi connectivity index (χ3v) is 15.0. The molecule has 6 rings (SSSR count). The molecule has 0 spiro atoms. The summed E-state index contributed by atoms with van der Waals surface area (Å²) in [6.07, 6.45) is -9.34. The van der Waals surface area contributed by atoms with Gasteiger partial charge in [-0.3, -0.25) is 0 Å². The summed E-state index contributed by atoms with van der Waals surface area (Å²) >= 11 is 0. The van der Waals surface area contributed by atoms with Gasteiger partial charge in [-0.25, -0.2) is 21.4 Å². The van der Waals surface area contributed by atoms with Crippen LogP contribution in [0.3, 0.4) is 0 Å². The van der Waals surface area contributed by atoms with E-state index in [0.717, 1.165) is 43.8 Å². The predicted octanol–water partition coefficient (Wildman–Crippen LogP) is 9.80. The van der Waals surface area contributed by atoms with Crippen molar-refractivity contribution in [2.75, 3.05) is 0 Å². The van der Waals surface area contributed by atoms with Gasteiger partial charge >= 0.3 is 56.5 Å². The molecule has 71 heavy (non-hydrogen) atoms. The van der Waals surface area contributed by atoms with Crippen molar-refractivity contribution >= 4 is 73.3 Å². The summed E-state index contributed by atoms with van der Waals surface area (Å²) in [4.78, 5) is 3.88. The Labute approximate surface area is 432 Å². The molecule has 0 fully saturated rings. The van der Waals surface area contributed by atoms with E-state index in [0.29, 0.717) is 11.0 Å². The second-order valence-corrected chi connectivity index (χ2v) is 25.0. The van der Waals surface area contributed by atoms with Crippen molar-refractivity contribution in [1.29, 1.82) is 0 Å². The molecule has 0 saturated carbocycles. The van der Waals surface area contributed by atoms with Gasteiger partial charge in [-0.2, -0.15) is 79.3 Å². The number of rotatable bonds is 7. The van der Waals surface area contributed by atoms with Gasteiger partial charge in [-0.15, -0.1) is 6.07 Å². The topological polar surface area (TPSA) is 118 Å². The molecule has 0 amide bonds. The zero-order valence-corrected chi connectivity index (χ0v) is 43.6. The maximum absolute atomic E-state index is 13.6. The number of halogens is 15. The van der Waals surface area contributed by atoms with Gasteiger partial charge in [0.25, 0.3) is 0 Å². The molecule has 0 bridgehead atoms. The molecule has 0 heterocycles. The van der Waals surface area contributed by atoms with Gasteiger partial charge in [0.1, 0.15) is 5.82 Å². The fraction of sp³-hybridized carbons (Fsp3) is 0.163. The van der Waals surface area contributed by atoms with Crippen LogP contribution >= 0.6 is 0 Å². The van der Waals surface area contributed by atoms with Crippen molar-refractivity contribution in [2.45, 2.75) is 67.5 Å². The molecule has 384 valence electrons. The summed E-state index contributed by atoms with van der Waals surface area (Å²) in [7, 11) is -16.0. The number of hydrogen-bond acceptors (Lipinski definition) is 7. The van der Waals surface area contributed by atoms with Crippen LogP contribution in [0, 0.1) is 17.7 Å². The molecule has 0 N–H and O–H groups in total. The molecular weight excluding hydrogens is 1160 g/mol. The molecule has 6 aromatic carbocycles. The smallest absolute Gasteiger partial charge is 1.00 e. The molecule has 0 saturated heterocycles. The summed E-state index contributed by atoms with van der Waals surface area (Å²) in [5.74, 6) is -2.52. The van der Waals surface area contributed by atoms with E-state index in [-0.39, 0.29) is 40.0 Å². The van der Waals surface area contributed by atoms with Crippen molar-refractivity contribution in [1.82, 2.24) is 0 Å². The van der Waals surface area contributed by atoms with Crippen LogP contribution in [0.5, 0.6) is 0 Å². The predicted molar refractivity (Wildman–Crippen MR) is 235 cm³/mol. The Morgan fingerprint density at radius 3 is 1.18 bits per heavy atom. The average molecular weight is 1190 g/mol. The van der Waals surface area contributed by atoms with Crippen molar-refractivity contribution in [3.05, 3.63) is 187 Å². The van der Waals surface area contributed by atoms with Gasteiger partial charge in [-0.1, -0.05) is 72.8 Å². The van der Waals surface area contributed by atoms with Crippen LogP contribution < -0.4 is 17.0 Å². The molecular formula is C43H35BrF14MgO7S4Si. The van der Waals surface area contributed by atoms with Crippen LogP contribution in [0.1, 0.15) is 11.1 Å². The Morgan fingerprint density at radius 2 is 0.901 bits per heavy atom. The largest absolute Gasteiger partial charge is 2.00 e. The normalized spacial score (nSPS) is 11.9. The minimum absolute atomic E-state index is 0. The zero-order chi connectivity index (χ0) is 52.6. The number of benzene rings is 6. The molecule has 6 aromatic rings. The maximum Gasteiger partial charge on any atom is 2.00 e. The fourth-order valence-electron chi connectivity index (χ4n) is 4.60. The molecule has 7 nitrogen and oxygen atoms in total. The van der Waals surface area contributed by atoms with Crippen molar-refractivity contribution in [3.63, 3.8) is 0 Å². The third-order valence-electron chi connectivity index (χ3n) is 7.39. The molecule has 0 atom stereocenters. The minimum atomic E-state index is -6.09. The first-order chi connectivity index (χ1) is 31.6. The Kier molecular flexibility index (Phi) is 27.0. The van der Waals surface area contributed by atoms with E-state index in [1.807, 2.05) is 121 Å². The quantitative estimate of drug-likeness (QED) is 0.0390. The van der Waals surface area contributed by atoms with Crippen molar-refractivity contribution < 1.29 is 108 Å². The van der Waals surface area contributed by atoms with Crippen LogP contribution in [-0.2, 0) is 58.2 Å². The summed E-state index contributed by atoms with van der Waals surface area (Å²) in [6.45, 7) is 4.07. The molecule has 0 aliphatic rings. The Bertz CT molecular complexity index is 2690. The first-order valence-electron chi connectivity index (χ1n) is 18.6. The second kappa shape index (κ2) is 28.5. The molecule has 0 unspecified atom stereocenters. The molecule has 0 aromatic heterocycles. The summed E-state index contributed by atoms with van der Waals surface area (Å²) in [5.41, 5.74) is -13.5. The van der Waals surface area contributed by atoms with E-state index in [1.54, 1.807) is 0 Å². The van der Waals surface area contributed by atoms with E-state index in [4.69, 9.17) is 13.0 Å². The van der Waals surface area contributed by atoms with Gasteiger partial charge < -0.3 is 25.4 Å². The van der Waals surface area contributed by atoms with Crippen LogP contribution in [0.2, 0.25) is 19.6 Å². The summed E-state index contributed by atoms with van der Waals surface area (Å²) < 4.78 is 231. The zero-order valence-electron chi connectivity index (χ0n) is 36.4. The summed E-state index contributed by atoms with van der Waals surface area (Å²) in [5, 5.41) is 0. The number of hydrogen-bond donors (Lipinski definition) is 0. The van der Waals surface area contributed by atoms with Crippen LogP contribution in [-0.4, -0.2) is 68.0 Å². The first-order valence-corrected chi connectivity index (χ1v) is 27.2. The Morgan fingerprint density at radius 1 is 0.549 bits per heavy atom. The van der Waals surface area contributed by atoms with Crippen molar-refractivity contribution in [2.24, 2.45) is 0 Å². The van der Waals surface area contributed by atoms with Gasteiger partial charge in [0.15, 0.2) is 24.8 Å². The van der Waals surface area contributed by atoms with E-state index >= 15 is 0 Å². The monoisotopic (exact) mass is 1190 g/mol. The third kappa shape index (κ3) is 23.3. The van der Waals surface area contributed by atoms with E-state index in [1.165, 1.54) is 25.7 Å². The van der Waals surface area contributed by atoms with Crippen LogP contribution in [0.4, 0.5) is 61.5 Å². The standard InChI is InChI=1S/C19H13F4S.C12H10OS.C7H3F4.C4H9F3O3SSi.CHF3O3S.BrH.Mg/c20-18-12-11-16(13-17(18)19(21,22)23)24(14-7-3-1-4-8-14)15-9-5-2-6-10-15;13-14(11-7-3-1-4-8-11)12-9-5-2-6-10-12;8-6-4-2-1-3-5(6)7(9,10)11;1-12(2,3)10-11(8,9)4(5,6)7;2-1(3,4)8(5,6)7;;/h1-13H;1-10H;2-4H;1-3H3;(H,5,6,7);1H;/q+1;;-1;;;;+2/p-2. The Hall–Kier alpha value is -3.88. The van der Waals surface area contributed by atoms with Crippen LogP contribution in [0.25, 0.3) is 0 Å². The summed E-state index contributed by atoms with van der Waals surface area (Å²) in [6, 6.07) is 45.3. The van der Waals surface area contributed by atoms with E-state index in [2.05, 4.69) is 9.94 Å². The maximum atomic E-state index is 13.6. The van der Waals surface area contributed by atoms with Gasteiger partial charge in [0.05, 0.1) is 27.3 Å². The molecule has 0 radical (unpaired) electrons. The molecule has 0 aliphatic carbocycles. The SMILES string of the molecule is C[Si](C)(C)OS(=O)(=O)C(F)(F)F.Fc1cc[c-]cc1C(F)(F)F.Fc1ccc([S+](c2ccccc2)c2ccccc2)cc1C(F)(F)F.O=S(=O)([O-])C(F)(F)F.O=S(c1ccccc1)c1ccccc1.[Br-].[Mg+2]. The molecule has 28 heteroatoms. The first kappa shape index (κ1) is 67.1. The van der Waals surface area contributed by atoms with Crippen molar-refractivity contribution in [3.8, 4) is 0 Å². The average Bonchev–Trinajstić information content (AvgIpc) is 3.24. The van der Waals surface area contributed by atoms with Crippen LogP contribution in [0.15, 0.2) is 182 Å². The van der Waals surface area contributed by atoms with E-state index in [9.17, 15) is 74.1 Å². The minimum Gasteiger partial charge on any atom is -1.00 e. The molecule has 0 aliphatic heterocycles.